The monoisotopic (exact) mass is 302 g/mol. The molecule has 0 fully saturated rings. The van der Waals surface area contributed by atoms with Crippen LogP contribution in [0.15, 0.2) is 24.3 Å². The van der Waals surface area contributed by atoms with E-state index >= 15 is 0 Å². The SMILES string of the molecule is CC(=O)C(N)Cc1ccc(N(CCCl)CCCl)cc1. The smallest absolute Gasteiger partial charge is 0.146 e. The van der Waals surface area contributed by atoms with E-state index < -0.39 is 6.04 Å². The number of carbonyl (C=O) groups is 1. The first-order valence-electron chi connectivity index (χ1n) is 6.30. The van der Waals surface area contributed by atoms with E-state index in [2.05, 4.69) is 4.90 Å². The Labute approximate surface area is 124 Å². The molecule has 106 valence electrons. The van der Waals surface area contributed by atoms with Crippen molar-refractivity contribution in [3.63, 3.8) is 0 Å². The number of Topliss-reactive ketones (excluding diaryl/α,β-unsaturated/α-hetero) is 1. The number of nitrogens with zero attached hydrogens (tertiary/aromatic N) is 1. The Morgan fingerprint density at radius 3 is 2.16 bits per heavy atom. The molecule has 1 rings (SSSR count). The first kappa shape index (κ1) is 16.3. The summed E-state index contributed by atoms with van der Waals surface area (Å²) in [4.78, 5) is 13.3. The molecule has 1 aromatic carbocycles. The number of nitrogens with two attached hydrogens (primary N) is 1. The van der Waals surface area contributed by atoms with Gasteiger partial charge in [0.15, 0.2) is 0 Å². The number of anilines is 1. The second kappa shape index (κ2) is 8.41. The third-order valence-corrected chi connectivity index (χ3v) is 3.33. The Morgan fingerprint density at radius 1 is 1.21 bits per heavy atom. The van der Waals surface area contributed by atoms with Gasteiger partial charge in [0.1, 0.15) is 5.78 Å². The highest BCUT2D eigenvalue weighted by Gasteiger charge is 2.10. The highest BCUT2D eigenvalue weighted by molar-refractivity contribution is 6.18. The lowest BCUT2D eigenvalue weighted by molar-refractivity contribution is -0.118. The van der Waals surface area contributed by atoms with Crippen molar-refractivity contribution in [3.8, 4) is 0 Å². The van der Waals surface area contributed by atoms with Crippen LogP contribution in [0.2, 0.25) is 0 Å². The zero-order chi connectivity index (χ0) is 14.3. The van der Waals surface area contributed by atoms with E-state index in [1.807, 2.05) is 24.3 Å². The molecule has 1 aromatic rings. The average molecular weight is 303 g/mol. The predicted molar refractivity (Wildman–Crippen MR) is 82.5 cm³/mol. The molecule has 0 saturated heterocycles. The van der Waals surface area contributed by atoms with Crippen molar-refractivity contribution in [2.75, 3.05) is 29.7 Å². The highest BCUT2D eigenvalue weighted by atomic mass is 35.5. The third-order valence-electron chi connectivity index (χ3n) is 2.99. The van der Waals surface area contributed by atoms with Crippen LogP contribution in [0.3, 0.4) is 0 Å². The molecular weight excluding hydrogens is 283 g/mol. The van der Waals surface area contributed by atoms with Gasteiger partial charge in [-0.2, -0.15) is 0 Å². The number of carbonyl (C=O) groups excluding carboxylic acids is 1. The quantitative estimate of drug-likeness (QED) is 0.750. The normalized spacial score (nSPS) is 12.2. The van der Waals surface area contributed by atoms with Crippen LogP contribution in [0, 0.1) is 0 Å². The number of benzene rings is 1. The summed E-state index contributed by atoms with van der Waals surface area (Å²) in [6.45, 7) is 3.04. The molecule has 0 amide bonds. The molecule has 1 unspecified atom stereocenters. The van der Waals surface area contributed by atoms with Gasteiger partial charge in [0.2, 0.25) is 0 Å². The lowest BCUT2D eigenvalue weighted by Crippen LogP contribution is -2.30. The molecule has 5 heteroatoms. The van der Waals surface area contributed by atoms with Crippen LogP contribution in [-0.4, -0.2) is 36.7 Å². The maximum atomic E-state index is 11.1. The zero-order valence-corrected chi connectivity index (χ0v) is 12.6. The maximum Gasteiger partial charge on any atom is 0.146 e. The minimum absolute atomic E-state index is 0.00924. The Kier molecular flexibility index (Phi) is 7.21. The summed E-state index contributed by atoms with van der Waals surface area (Å²) in [6, 6.07) is 7.59. The predicted octanol–water partition coefficient (Wildman–Crippen LogP) is 2.43. The fourth-order valence-electron chi connectivity index (χ4n) is 1.81. The van der Waals surface area contributed by atoms with E-state index in [1.165, 1.54) is 6.92 Å². The summed E-state index contributed by atoms with van der Waals surface area (Å²) in [5, 5.41) is 0. The summed E-state index contributed by atoms with van der Waals surface area (Å²) in [5.41, 5.74) is 7.89. The Balaban J connectivity index is 2.71. The van der Waals surface area contributed by atoms with Crippen molar-refractivity contribution in [1.82, 2.24) is 0 Å². The maximum absolute atomic E-state index is 11.1. The summed E-state index contributed by atoms with van der Waals surface area (Å²) in [6.07, 6.45) is 0.570. The van der Waals surface area contributed by atoms with Gasteiger partial charge in [-0.15, -0.1) is 23.2 Å². The van der Waals surface area contributed by atoms with Gasteiger partial charge in [-0.3, -0.25) is 4.79 Å². The van der Waals surface area contributed by atoms with Crippen molar-refractivity contribution in [2.45, 2.75) is 19.4 Å². The fraction of sp³-hybridized carbons (Fsp3) is 0.500. The lowest BCUT2D eigenvalue weighted by Gasteiger charge is -2.23. The second-order valence-electron chi connectivity index (χ2n) is 4.45. The number of hydrogen-bond donors (Lipinski definition) is 1. The van der Waals surface area contributed by atoms with Gasteiger partial charge in [0.05, 0.1) is 6.04 Å². The van der Waals surface area contributed by atoms with Crippen LogP contribution in [0.1, 0.15) is 12.5 Å². The van der Waals surface area contributed by atoms with Gasteiger partial charge >= 0.3 is 0 Å². The van der Waals surface area contributed by atoms with Crippen molar-refractivity contribution in [2.24, 2.45) is 5.73 Å². The average Bonchev–Trinajstić information content (AvgIpc) is 2.39. The van der Waals surface area contributed by atoms with Crippen LogP contribution < -0.4 is 10.6 Å². The zero-order valence-electron chi connectivity index (χ0n) is 11.1. The van der Waals surface area contributed by atoms with Crippen LogP contribution in [0.25, 0.3) is 0 Å². The Morgan fingerprint density at radius 2 is 1.74 bits per heavy atom. The molecule has 0 heterocycles. The van der Waals surface area contributed by atoms with E-state index in [1.54, 1.807) is 0 Å². The fourth-order valence-corrected chi connectivity index (χ4v) is 2.22. The van der Waals surface area contributed by atoms with Crippen molar-refractivity contribution in [3.05, 3.63) is 29.8 Å². The molecule has 0 aliphatic rings. The third kappa shape index (κ3) is 5.39. The van der Waals surface area contributed by atoms with Crippen LogP contribution in [0.5, 0.6) is 0 Å². The molecule has 0 saturated carbocycles. The lowest BCUT2D eigenvalue weighted by atomic mass is 10.0. The molecule has 2 N–H and O–H groups in total. The summed E-state index contributed by atoms with van der Waals surface area (Å²) in [5.74, 6) is 1.14. The summed E-state index contributed by atoms with van der Waals surface area (Å²) >= 11 is 11.6. The first-order valence-corrected chi connectivity index (χ1v) is 7.37. The van der Waals surface area contributed by atoms with Gasteiger partial charge in [-0.05, 0) is 31.0 Å². The molecule has 0 aliphatic carbocycles. The van der Waals surface area contributed by atoms with Crippen LogP contribution in [-0.2, 0) is 11.2 Å². The topological polar surface area (TPSA) is 46.3 Å². The van der Waals surface area contributed by atoms with E-state index in [9.17, 15) is 4.79 Å². The van der Waals surface area contributed by atoms with Crippen molar-refractivity contribution in [1.29, 1.82) is 0 Å². The number of alkyl halides is 2. The first-order chi connectivity index (χ1) is 9.08. The van der Waals surface area contributed by atoms with Crippen LogP contribution in [0.4, 0.5) is 5.69 Å². The number of hydrogen-bond acceptors (Lipinski definition) is 3. The van der Waals surface area contributed by atoms with E-state index in [0.29, 0.717) is 18.2 Å². The van der Waals surface area contributed by atoms with Crippen molar-refractivity contribution >= 4 is 34.7 Å². The van der Waals surface area contributed by atoms with Crippen molar-refractivity contribution < 1.29 is 4.79 Å². The van der Waals surface area contributed by atoms with Crippen LogP contribution >= 0.6 is 23.2 Å². The molecule has 0 aliphatic heterocycles. The molecular formula is C14H20Cl2N2O. The molecule has 0 aromatic heterocycles. The largest absolute Gasteiger partial charge is 0.369 e. The number of rotatable bonds is 8. The molecule has 0 spiro atoms. The van der Waals surface area contributed by atoms with Gasteiger partial charge in [-0.25, -0.2) is 0 Å². The summed E-state index contributed by atoms with van der Waals surface area (Å²) in [7, 11) is 0. The second-order valence-corrected chi connectivity index (χ2v) is 5.21. The van der Waals surface area contributed by atoms with Gasteiger partial charge in [0.25, 0.3) is 0 Å². The van der Waals surface area contributed by atoms with E-state index in [0.717, 1.165) is 24.3 Å². The molecule has 19 heavy (non-hydrogen) atoms. The minimum atomic E-state index is -0.423. The molecule has 0 radical (unpaired) electrons. The minimum Gasteiger partial charge on any atom is -0.369 e. The standard InChI is InChI=1S/C14H20Cl2N2O/c1-11(19)14(17)10-12-2-4-13(5-3-12)18(8-6-15)9-7-16/h2-5,14H,6-10,17H2,1H3. The van der Waals surface area contributed by atoms with E-state index in [-0.39, 0.29) is 5.78 Å². The molecule has 0 bridgehead atoms. The number of ketones is 1. The van der Waals surface area contributed by atoms with E-state index in [4.69, 9.17) is 28.9 Å². The molecule has 1 atom stereocenters. The van der Waals surface area contributed by atoms with Gasteiger partial charge in [0, 0.05) is 30.5 Å². The Hall–Kier alpha value is -0.770. The number of halogens is 2. The Bertz CT molecular complexity index is 389. The summed E-state index contributed by atoms with van der Waals surface area (Å²) < 4.78 is 0. The highest BCUT2D eigenvalue weighted by Crippen LogP contribution is 2.16. The van der Waals surface area contributed by atoms with Gasteiger partial charge < -0.3 is 10.6 Å². The molecule has 3 nitrogen and oxygen atoms in total. The van der Waals surface area contributed by atoms with Gasteiger partial charge in [-0.1, -0.05) is 12.1 Å².